The molecule has 27 heavy (non-hydrogen) atoms. The second-order valence-corrected chi connectivity index (χ2v) is 8.91. The highest BCUT2D eigenvalue weighted by atomic mass is 28.2. The normalized spacial score (nSPS) is 30.9. The number of esters is 1. The molecule has 7 heteroatoms. The molecule has 4 atom stereocenters. The van der Waals surface area contributed by atoms with Crippen molar-refractivity contribution in [3.8, 4) is 0 Å². The van der Waals surface area contributed by atoms with E-state index in [2.05, 4.69) is 20.8 Å². The van der Waals surface area contributed by atoms with Crippen LogP contribution in [0.25, 0.3) is 0 Å². The third kappa shape index (κ3) is 3.55. The summed E-state index contributed by atoms with van der Waals surface area (Å²) in [5, 5.41) is 0. The lowest BCUT2D eigenvalue weighted by Crippen LogP contribution is -2.67. The molecule has 6 nitrogen and oxygen atoms in total. The summed E-state index contributed by atoms with van der Waals surface area (Å²) in [6, 6.07) is 9.47. The summed E-state index contributed by atoms with van der Waals surface area (Å²) < 4.78 is 16.2. The van der Waals surface area contributed by atoms with Crippen LogP contribution in [0.3, 0.4) is 0 Å². The molecule has 150 valence electrons. The Bertz CT molecular complexity index is 689. The van der Waals surface area contributed by atoms with Crippen molar-refractivity contribution < 1.29 is 28.2 Å². The average molecular weight is 395 g/mol. The lowest BCUT2D eigenvalue weighted by Gasteiger charge is -2.39. The van der Waals surface area contributed by atoms with Crippen LogP contribution in [-0.4, -0.2) is 46.4 Å². The van der Waals surface area contributed by atoms with E-state index in [0.29, 0.717) is 6.54 Å². The van der Waals surface area contributed by atoms with Gasteiger partial charge in [0.2, 0.25) is 16.0 Å². The molecular weight excluding hydrogens is 362 g/mol. The van der Waals surface area contributed by atoms with Crippen molar-refractivity contribution in [1.82, 2.24) is 0 Å². The molecule has 2 rings (SSSR count). The van der Waals surface area contributed by atoms with Gasteiger partial charge in [0.1, 0.15) is 13.2 Å². The molecule has 0 aromatic heterocycles. The predicted octanol–water partition coefficient (Wildman–Crippen LogP) is 2.60. The summed E-state index contributed by atoms with van der Waals surface area (Å²) >= 11 is 0. The fraction of sp³-hybridized carbons (Fsp3) is 0.600. The number of benzene rings is 1. The average Bonchev–Trinajstić information content (AvgIpc) is 2.89. The molecule has 0 saturated carbocycles. The van der Waals surface area contributed by atoms with Gasteiger partial charge < -0.3 is 9.47 Å². The van der Waals surface area contributed by atoms with Gasteiger partial charge in [0.15, 0.2) is 0 Å². The quantitative estimate of drug-likeness (QED) is 0.446. The second-order valence-electron chi connectivity index (χ2n) is 8.55. The fourth-order valence-corrected chi connectivity index (χ4v) is 5.01. The standard InChI is InChI=1S/C20H32NO5Si/c1-14-16(19(2,3)4)12-21(26-27,20(14,5)17(22)24-6)18(23)25-13-15-10-8-7-9-11-15/h7-11,14,16H,12-13H2,1-6,27H3/q+1/t14?,16-,20+,21?/m1/s1. The monoisotopic (exact) mass is 394 g/mol. The van der Waals surface area contributed by atoms with E-state index >= 15 is 0 Å². The van der Waals surface area contributed by atoms with Crippen molar-refractivity contribution in [3.05, 3.63) is 35.9 Å². The Labute approximate surface area is 164 Å². The van der Waals surface area contributed by atoms with Gasteiger partial charge >= 0.3 is 12.1 Å². The van der Waals surface area contributed by atoms with Crippen molar-refractivity contribution >= 4 is 22.5 Å². The van der Waals surface area contributed by atoms with Gasteiger partial charge in [-0.25, -0.2) is 4.79 Å². The molecule has 0 radical (unpaired) electrons. The van der Waals surface area contributed by atoms with E-state index in [4.69, 9.17) is 14.0 Å². The Balaban J connectivity index is 2.42. The van der Waals surface area contributed by atoms with Gasteiger partial charge in [-0.1, -0.05) is 62.7 Å². The number of likely N-dealkylation sites (tertiary alicyclic amines) is 1. The summed E-state index contributed by atoms with van der Waals surface area (Å²) in [5.41, 5.74) is -0.381. The van der Waals surface area contributed by atoms with Crippen LogP contribution in [0.1, 0.15) is 40.2 Å². The van der Waals surface area contributed by atoms with Gasteiger partial charge in [-0.2, -0.15) is 4.79 Å². The zero-order valence-electron chi connectivity index (χ0n) is 17.4. The Morgan fingerprint density at radius 2 is 1.85 bits per heavy atom. The first-order valence-corrected chi connectivity index (χ1v) is 10.1. The zero-order chi connectivity index (χ0) is 20.5. The van der Waals surface area contributed by atoms with E-state index in [1.165, 1.54) is 7.11 Å². The second kappa shape index (κ2) is 7.73. The highest BCUT2D eigenvalue weighted by Gasteiger charge is 2.73. The summed E-state index contributed by atoms with van der Waals surface area (Å²) in [6.07, 6.45) is -0.541. The molecule has 1 aromatic rings. The maximum absolute atomic E-state index is 13.3. The van der Waals surface area contributed by atoms with E-state index < -0.39 is 22.2 Å². The van der Waals surface area contributed by atoms with Gasteiger partial charge in [-0.3, -0.25) is 4.53 Å². The van der Waals surface area contributed by atoms with E-state index in [9.17, 15) is 9.59 Å². The minimum absolute atomic E-state index is 0.0832. The smallest absolute Gasteiger partial charge is 0.464 e. The Hall–Kier alpha value is -1.70. The molecule has 1 saturated heterocycles. The third-order valence-electron chi connectivity index (χ3n) is 6.22. The fourth-order valence-electron chi connectivity index (χ4n) is 4.34. The zero-order valence-corrected chi connectivity index (χ0v) is 19.4. The number of hydrogen-bond donors (Lipinski definition) is 0. The summed E-state index contributed by atoms with van der Waals surface area (Å²) in [4.78, 5) is 26.1. The number of quaternary nitrogens is 1. The first-order chi connectivity index (χ1) is 12.5. The van der Waals surface area contributed by atoms with Crippen molar-refractivity contribution in [2.75, 3.05) is 13.7 Å². The van der Waals surface area contributed by atoms with Crippen molar-refractivity contribution in [2.24, 2.45) is 17.3 Å². The van der Waals surface area contributed by atoms with Crippen molar-refractivity contribution in [3.63, 3.8) is 0 Å². The minimum atomic E-state index is -1.16. The van der Waals surface area contributed by atoms with Gasteiger partial charge in [-0.15, -0.1) is 0 Å². The number of methoxy groups -OCH3 is 1. The van der Waals surface area contributed by atoms with Gasteiger partial charge in [0.05, 0.1) is 7.11 Å². The number of amides is 1. The molecule has 0 N–H and O–H groups in total. The Kier molecular flexibility index (Phi) is 6.18. The maximum Gasteiger partial charge on any atom is 0.549 e. The summed E-state index contributed by atoms with van der Waals surface area (Å²) in [5.74, 6) is -0.489. The van der Waals surface area contributed by atoms with Gasteiger partial charge in [0, 0.05) is 18.8 Å². The molecule has 0 aliphatic carbocycles. The highest BCUT2D eigenvalue weighted by molar-refractivity contribution is 5.98. The van der Waals surface area contributed by atoms with Crippen LogP contribution in [0.4, 0.5) is 4.79 Å². The van der Waals surface area contributed by atoms with Crippen LogP contribution in [0.2, 0.25) is 0 Å². The molecule has 1 heterocycles. The summed E-state index contributed by atoms with van der Waals surface area (Å²) in [7, 11) is 1.63. The number of rotatable bonds is 4. The number of nitrogens with zero attached hydrogens (tertiary/aromatic N) is 1. The Morgan fingerprint density at radius 1 is 1.26 bits per heavy atom. The Morgan fingerprint density at radius 3 is 2.33 bits per heavy atom. The molecule has 0 bridgehead atoms. The van der Waals surface area contributed by atoms with Crippen LogP contribution in [-0.2, 0) is 25.4 Å². The third-order valence-corrected chi connectivity index (χ3v) is 6.84. The van der Waals surface area contributed by atoms with Crippen LogP contribution >= 0.6 is 0 Å². The maximum atomic E-state index is 13.3. The van der Waals surface area contributed by atoms with E-state index in [1.54, 1.807) is 6.92 Å². The van der Waals surface area contributed by atoms with Gasteiger partial charge in [0.25, 0.3) is 0 Å². The van der Waals surface area contributed by atoms with Gasteiger partial charge in [-0.05, 0) is 11.0 Å². The molecule has 1 aromatic carbocycles. The first kappa shape index (κ1) is 21.6. The number of carbonyl (C=O) groups excluding carboxylic acids is 2. The van der Waals surface area contributed by atoms with Crippen molar-refractivity contribution in [2.45, 2.75) is 46.8 Å². The van der Waals surface area contributed by atoms with Crippen LogP contribution in [0.15, 0.2) is 30.3 Å². The number of hydrogen-bond acceptors (Lipinski definition) is 5. The molecule has 1 aliphatic heterocycles. The number of hydroxylamine groups is 3. The molecule has 1 aliphatic rings. The topological polar surface area (TPSA) is 61.8 Å². The SMILES string of the molecule is COC(=O)[C@]1(C)C(C)[C@H](C(C)(C)C)C[N+]1(O[SiH3])C(=O)OCc1ccccc1. The number of carbonyl (C=O) groups is 2. The van der Waals surface area contributed by atoms with E-state index in [-0.39, 0.29) is 34.3 Å². The van der Waals surface area contributed by atoms with Crippen LogP contribution < -0.4 is 0 Å². The largest absolute Gasteiger partial charge is 0.549 e. The minimum Gasteiger partial charge on any atom is -0.464 e. The molecule has 2 unspecified atom stereocenters. The first-order valence-electron chi connectivity index (χ1n) is 9.28. The molecule has 0 spiro atoms. The van der Waals surface area contributed by atoms with Crippen LogP contribution in [0, 0.1) is 17.3 Å². The van der Waals surface area contributed by atoms with Crippen LogP contribution in [0.5, 0.6) is 0 Å². The molecule has 1 amide bonds. The molecule has 1 fully saturated rings. The summed E-state index contributed by atoms with van der Waals surface area (Å²) in [6.45, 7) is 10.6. The highest BCUT2D eigenvalue weighted by Crippen LogP contribution is 2.52. The lowest BCUT2D eigenvalue weighted by atomic mass is 9.70. The van der Waals surface area contributed by atoms with E-state index in [0.717, 1.165) is 5.56 Å². The number of ether oxygens (including phenoxy) is 2. The van der Waals surface area contributed by atoms with Crippen molar-refractivity contribution in [1.29, 1.82) is 0 Å². The predicted molar refractivity (Wildman–Crippen MR) is 105 cm³/mol. The molecular formula is C20H32NO5Si+. The van der Waals surface area contributed by atoms with E-state index in [1.807, 2.05) is 37.3 Å². The lowest BCUT2D eigenvalue weighted by molar-refractivity contribution is -1.05.